The fraction of sp³-hybridized carbons (Fsp3) is 0.278. The lowest BCUT2D eigenvalue weighted by Crippen LogP contribution is -2.53. The van der Waals surface area contributed by atoms with Crippen molar-refractivity contribution in [2.45, 2.75) is 26.4 Å². The molecule has 1 aliphatic heterocycles. The second-order valence-corrected chi connectivity index (χ2v) is 5.81. The number of carbonyl (C=O) groups excluding carboxylic acids is 2. The van der Waals surface area contributed by atoms with Crippen LogP contribution in [0.25, 0.3) is 6.08 Å². The van der Waals surface area contributed by atoms with E-state index in [9.17, 15) is 9.59 Å². The highest BCUT2D eigenvalue weighted by Gasteiger charge is 2.32. The predicted octanol–water partition coefficient (Wildman–Crippen LogP) is 2.68. The summed E-state index contributed by atoms with van der Waals surface area (Å²) in [6.07, 6.45) is 4.15. The van der Waals surface area contributed by atoms with Gasteiger partial charge < -0.3 is 4.74 Å². The number of benzene rings is 1. The highest BCUT2D eigenvalue weighted by molar-refractivity contribution is 7.80. The third-order valence-electron chi connectivity index (χ3n) is 3.60. The van der Waals surface area contributed by atoms with Gasteiger partial charge in [0.2, 0.25) is 0 Å². The first kappa shape index (κ1) is 17.9. The number of hydrogen-bond acceptors (Lipinski definition) is 4. The largest absolute Gasteiger partial charge is 0.491 e. The monoisotopic (exact) mass is 344 g/mol. The molecule has 0 saturated carbocycles. The maximum atomic E-state index is 12.4. The first-order valence-electron chi connectivity index (χ1n) is 7.72. The van der Waals surface area contributed by atoms with E-state index in [4.69, 9.17) is 17.0 Å². The van der Waals surface area contributed by atoms with Crippen LogP contribution in [0.5, 0.6) is 5.75 Å². The number of amides is 2. The molecular weight excluding hydrogens is 324 g/mol. The molecule has 5 nitrogen and oxygen atoms in total. The Hall–Kier alpha value is -2.47. The van der Waals surface area contributed by atoms with E-state index in [1.54, 1.807) is 24.3 Å². The molecule has 1 aromatic rings. The average Bonchev–Trinajstić information content (AvgIpc) is 2.56. The van der Waals surface area contributed by atoms with Gasteiger partial charge in [-0.3, -0.25) is 19.8 Å². The van der Waals surface area contributed by atoms with Crippen molar-refractivity contribution in [1.29, 1.82) is 0 Å². The van der Waals surface area contributed by atoms with Crippen LogP contribution in [0.2, 0.25) is 0 Å². The van der Waals surface area contributed by atoms with Gasteiger partial charge in [-0.05, 0) is 49.3 Å². The van der Waals surface area contributed by atoms with Gasteiger partial charge in [0.1, 0.15) is 11.3 Å². The van der Waals surface area contributed by atoms with Crippen molar-refractivity contribution in [2.24, 2.45) is 0 Å². The quantitative estimate of drug-likeness (QED) is 0.373. The zero-order valence-electron chi connectivity index (χ0n) is 13.7. The number of hydrogen-bond donors (Lipinski definition) is 1. The molecule has 1 fully saturated rings. The summed E-state index contributed by atoms with van der Waals surface area (Å²) in [7, 11) is 0. The van der Waals surface area contributed by atoms with Crippen molar-refractivity contribution in [2.75, 3.05) is 6.54 Å². The highest BCUT2D eigenvalue weighted by Crippen LogP contribution is 2.19. The molecule has 1 heterocycles. The predicted molar refractivity (Wildman–Crippen MR) is 97.5 cm³/mol. The van der Waals surface area contributed by atoms with Gasteiger partial charge in [0.15, 0.2) is 5.11 Å². The zero-order valence-corrected chi connectivity index (χ0v) is 14.6. The Kier molecular flexibility index (Phi) is 5.87. The molecular formula is C18H20N2O3S. The van der Waals surface area contributed by atoms with Gasteiger partial charge in [-0.1, -0.05) is 25.1 Å². The Balaban J connectivity index is 2.22. The third kappa shape index (κ3) is 4.08. The molecule has 0 aliphatic carbocycles. The van der Waals surface area contributed by atoms with Gasteiger partial charge in [-0.2, -0.15) is 0 Å². The van der Waals surface area contributed by atoms with Crippen molar-refractivity contribution in [3.8, 4) is 5.75 Å². The number of rotatable bonds is 6. The molecule has 2 rings (SSSR count). The van der Waals surface area contributed by atoms with Crippen LogP contribution in [0.3, 0.4) is 0 Å². The molecule has 1 aliphatic rings. The second kappa shape index (κ2) is 7.88. The first-order chi connectivity index (χ1) is 11.5. The Morgan fingerprint density at radius 3 is 2.58 bits per heavy atom. The summed E-state index contributed by atoms with van der Waals surface area (Å²) < 4.78 is 5.71. The van der Waals surface area contributed by atoms with Crippen molar-refractivity contribution in [1.82, 2.24) is 10.2 Å². The lowest BCUT2D eigenvalue weighted by Gasteiger charge is -2.27. The fourth-order valence-corrected chi connectivity index (χ4v) is 2.36. The minimum atomic E-state index is -0.495. The van der Waals surface area contributed by atoms with Gasteiger partial charge in [0.05, 0.1) is 6.10 Å². The smallest absolute Gasteiger partial charge is 0.265 e. The van der Waals surface area contributed by atoms with E-state index in [-0.39, 0.29) is 23.3 Å². The number of carbonyl (C=O) groups is 2. The minimum Gasteiger partial charge on any atom is -0.491 e. The topological polar surface area (TPSA) is 58.6 Å². The van der Waals surface area contributed by atoms with Crippen molar-refractivity contribution >= 4 is 35.2 Å². The molecule has 6 heteroatoms. The molecule has 2 amide bonds. The summed E-state index contributed by atoms with van der Waals surface area (Å²) >= 11 is 5.01. The van der Waals surface area contributed by atoms with Gasteiger partial charge in [-0.15, -0.1) is 6.58 Å². The van der Waals surface area contributed by atoms with Crippen LogP contribution >= 0.6 is 12.2 Å². The van der Waals surface area contributed by atoms with E-state index in [2.05, 4.69) is 18.8 Å². The Labute approximate surface area is 147 Å². The van der Waals surface area contributed by atoms with Crippen LogP contribution in [-0.2, 0) is 9.59 Å². The molecule has 1 saturated heterocycles. The Morgan fingerprint density at radius 2 is 2.00 bits per heavy atom. The first-order valence-corrected chi connectivity index (χ1v) is 8.13. The lowest BCUT2D eigenvalue weighted by atomic mass is 10.1. The molecule has 1 atom stereocenters. The number of thiocarbonyl (C=S) groups is 1. The van der Waals surface area contributed by atoms with Crippen LogP contribution in [0, 0.1) is 0 Å². The van der Waals surface area contributed by atoms with Crippen LogP contribution in [-0.4, -0.2) is 34.5 Å². The van der Waals surface area contributed by atoms with E-state index in [1.165, 1.54) is 4.90 Å². The summed E-state index contributed by atoms with van der Waals surface area (Å²) in [6, 6.07) is 7.23. The summed E-state index contributed by atoms with van der Waals surface area (Å²) in [5.41, 5.74) is 0.775. The van der Waals surface area contributed by atoms with Gasteiger partial charge in [0, 0.05) is 6.54 Å². The van der Waals surface area contributed by atoms with Gasteiger partial charge in [0.25, 0.3) is 11.8 Å². The van der Waals surface area contributed by atoms with E-state index in [0.29, 0.717) is 0 Å². The summed E-state index contributed by atoms with van der Waals surface area (Å²) in [6.45, 7) is 7.89. The van der Waals surface area contributed by atoms with Crippen molar-refractivity contribution in [3.05, 3.63) is 48.1 Å². The van der Waals surface area contributed by atoms with Crippen LogP contribution in [0.4, 0.5) is 0 Å². The maximum absolute atomic E-state index is 12.4. The number of nitrogens with zero attached hydrogens (tertiary/aromatic N) is 1. The summed E-state index contributed by atoms with van der Waals surface area (Å²) in [4.78, 5) is 25.8. The van der Waals surface area contributed by atoms with E-state index in [1.807, 2.05) is 19.1 Å². The summed E-state index contributed by atoms with van der Waals surface area (Å²) in [5, 5.41) is 2.61. The molecule has 126 valence electrons. The third-order valence-corrected chi connectivity index (χ3v) is 3.92. The van der Waals surface area contributed by atoms with Gasteiger partial charge in [-0.25, -0.2) is 0 Å². The van der Waals surface area contributed by atoms with E-state index < -0.39 is 11.8 Å². The maximum Gasteiger partial charge on any atom is 0.265 e. The van der Waals surface area contributed by atoms with Crippen LogP contribution < -0.4 is 10.1 Å². The Bertz CT molecular complexity index is 695. The molecule has 1 aromatic carbocycles. The molecule has 24 heavy (non-hydrogen) atoms. The fourth-order valence-electron chi connectivity index (χ4n) is 2.11. The van der Waals surface area contributed by atoms with E-state index >= 15 is 0 Å². The van der Waals surface area contributed by atoms with Crippen LogP contribution in [0.15, 0.2) is 42.5 Å². The second-order valence-electron chi connectivity index (χ2n) is 5.43. The standard InChI is InChI=1S/C18H20N2O3S/c1-4-10-20-17(22)15(16(21)19-18(20)24)11-13-6-8-14(9-7-13)23-12(3)5-2/h4,6-9,11-12H,1,5,10H2,2-3H3,(H,19,21,24)/b15-11+/t12-/m0/s1. The molecule has 0 unspecified atom stereocenters. The normalized spacial score (nSPS) is 17.7. The lowest BCUT2D eigenvalue weighted by molar-refractivity contribution is -0.128. The van der Waals surface area contributed by atoms with E-state index in [0.717, 1.165) is 17.7 Å². The molecule has 0 aromatic heterocycles. The Morgan fingerprint density at radius 1 is 1.33 bits per heavy atom. The number of nitrogens with one attached hydrogen (secondary N) is 1. The molecule has 1 N–H and O–H groups in total. The van der Waals surface area contributed by atoms with Gasteiger partial charge >= 0.3 is 0 Å². The zero-order chi connectivity index (χ0) is 17.7. The van der Waals surface area contributed by atoms with Crippen molar-refractivity contribution in [3.63, 3.8) is 0 Å². The molecule has 0 bridgehead atoms. The van der Waals surface area contributed by atoms with Crippen molar-refractivity contribution < 1.29 is 14.3 Å². The molecule has 0 spiro atoms. The summed E-state index contributed by atoms with van der Waals surface area (Å²) in [5.74, 6) is -0.172. The SMILES string of the molecule is C=CCN1C(=O)/C(=C/c2ccc(O[C@@H](C)CC)cc2)C(=O)NC1=S. The average molecular weight is 344 g/mol. The minimum absolute atomic E-state index is 0.0426. The van der Waals surface area contributed by atoms with Crippen LogP contribution in [0.1, 0.15) is 25.8 Å². The molecule has 0 radical (unpaired) electrons. The number of ether oxygens (including phenoxy) is 1. The highest BCUT2D eigenvalue weighted by atomic mass is 32.1.